The summed E-state index contributed by atoms with van der Waals surface area (Å²) in [5, 5.41) is 10.9. The van der Waals surface area contributed by atoms with E-state index in [1.165, 1.54) is 16.7 Å². The Bertz CT molecular complexity index is 1270. The fourth-order valence-electron chi connectivity index (χ4n) is 7.62. The molecule has 4 atom stereocenters. The number of likely N-dealkylation sites (tertiary alicyclic amines) is 1. The summed E-state index contributed by atoms with van der Waals surface area (Å²) in [7, 11) is 3.30. The second kappa shape index (κ2) is 8.13. The lowest BCUT2D eigenvalue weighted by atomic mass is 9.42. The van der Waals surface area contributed by atoms with Crippen molar-refractivity contribution in [3.8, 4) is 11.5 Å². The number of benzene rings is 3. The molecule has 1 heterocycles. The SMILES string of the molecule is COc1ccc(C23CCC(c4ccccc42)C2(C(=O)O)CN(Cc4ccccc4)CC32)cc1OC. The summed E-state index contributed by atoms with van der Waals surface area (Å²) in [6, 6.07) is 25.1. The van der Waals surface area contributed by atoms with Crippen molar-refractivity contribution in [2.24, 2.45) is 11.3 Å². The van der Waals surface area contributed by atoms with Crippen LogP contribution in [0.2, 0.25) is 0 Å². The lowest BCUT2D eigenvalue weighted by Gasteiger charge is -2.59. The van der Waals surface area contributed by atoms with Crippen molar-refractivity contribution in [2.75, 3.05) is 27.3 Å². The molecule has 180 valence electrons. The van der Waals surface area contributed by atoms with Crippen LogP contribution >= 0.6 is 0 Å². The first-order valence-corrected chi connectivity index (χ1v) is 12.4. The number of nitrogens with zero attached hydrogens (tertiary/aromatic N) is 1. The van der Waals surface area contributed by atoms with E-state index >= 15 is 0 Å². The molecule has 1 saturated carbocycles. The fourth-order valence-corrected chi connectivity index (χ4v) is 7.62. The molecule has 5 heteroatoms. The van der Waals surface area contributed by atoms with Crippen LogP contribution in [0, 0.1) is 11.3 Å². The topological polar surface area (TPSA) is 59.0 Å². The van der Waals surface area contributed by atoms with Crippen LogP contribution in [0.5, 0.6) is 11.5 Å². The minimum Gasteiger partial charge on any atom is -0.493 e. The largest absolute Gasteiger partial charge is 0.493 e. The maximum absolute atomic E-state index is 13.3. The van der Waals surface area contributed by atoms with E-state index in [2.05, 4.69) is 65.6 Å². The van der Waals surface area contributed by atoms with Crippen LogP contribution in [0.15, 0.2) is 72.8 Å². The molecule has 7 rings (SSSR count). The minimum absolute atomic E-state index is 0.0176. The van der Waals surface area contributed by atoms with Gasteiger partial charge in [0.1, 0.15) is 0 Å². The molecule has 0 aromatic heterocycles. The predicted octanol–water partition coefficient (Wildman–Crippen LogP) is 5.08. The van der Waals surface area contributed by atoms with Crippen molar-refractivity contribution in [1.29, 1.82) is 0 Å². The Morgan fingerprint density at radius 3 is 2.49 bits per heavy atom. The Labute approximate surface area is 206 Å². The Balaban J connectivity index is 1.54. The Hall–Kier alpha value is -3.31. The summed E-state index contributed by atoms with van der Waals surface area (Å²) in [5.41, 5.74) is 3.61. The summed E-state index contributed by atoms with van der Waals surface area (Å²) < 4.78 is 11.2. The van der Waals surface area contributed by atoms with Gasteiger partial charge in [0.2, 0.25) is 0 Å². The first kappa shape index (κ1) is 22.2. The first-order chi connectivity index (χ1) is 17.0. The third-order valence-electron chi connectivity index (χ3n) is 8.95. The molecule has 0 spiro atoms. The molecule has 3 aromatic rings. The minimum atomic E-state index is -0.825. The van der Waals surface area contributed by atoms with Crippen LogP contribution in [-0.4, -0.2) is 43.3 Å². The van der Waals surface area contributed by atoms with Gasteiger partial charge in [-0.15, -0.1) is 0 Å². The lowest BCUT2D eigenvalue weighted by Crippen LogP contribution is -2.60. The third kappa shape index (κ3) is 3.00. The molecule has 2 fully saturated rings. The predicted molar refractivity (Wildman–Crippen MR) is 134 cm³/mol. The van der Waals surface area contributed by atoms with Gasteiger partial charge in [-0.1, -0.05) is 60.7 Å². The van der Waals surface area contributed by atoms with Crippen LogP contribution in [0.4, 0.5) is 0 Å². The number of carboxylic acids is 1. The highest BCUT2D eigenvalue weighted by molar-refractivity contribution is 5.80. The van der Waals surface area contributed by atoms with Crippen molar-refractivity contribution >= 4 is 5.97 Å². The number of carbonyl (C=O) groups is 1. The number of methoxy groups -OCH3 is 2. The van der Waals surface area contributed by atoms with Crippen molar-refractivity contribution in [1.82, 2.24) is 4.90 Å². The van der Waals surface area contributed by atoms with Gasteiger partial charge >= 0.3 is 5.97 Å². The van der Waals surface area contributed by atoms with Gasteiger partial charge in [0, 0.05) is 36.9 Å². The van der Waals surface area contributed by atoms with Gasteiger partial charge in [0.15, 0.2) is 11.5 Å². The van der Waals surface area contributed by atoms with Crippen LogP contribution in [0.3, 0.4) is 0 Å². The Kier molecular flexibility index (Phi) is 5.15. The molecule has 4 unspecified atom stereocenters. The average molecular weight is 470 g/mol. The van der Waals surface area contributed by atoms with E-state index in [0.717, 1.165) is 31.5 Å². The van der Waals surface area contributed by atoms with E-state index in [1.54, 1.807) is 14.2 Å². The summed E-state index contributed by atoms with van der Waals surface area (Å²) in [4.78, 5) is 15.7. The molecule has 1 N–H and O–H groups in total. The molecule has 3 aliphatic carbocycles. The summed E-state index contributed by atoms with van der Waals surface area (Å²) >= 11 is 0. The molecule has 1 saturated heterocycles. The molecular weight excluding hydrogens is 438 g/mol. The number of rotatable bonds is 6. The summed E-state index contributed by atoms with van der Waals surface area (Å²) in [6.45, 7) is 2.08. The lowest BCUT2D eigenvalue weighted by molar-refractivity contribution is -0.157. The van der Waals surface area contributed by atoms with Crippen LogP contribution < -0.4 is 9.47 Å². The highest BCUT2D eigenvalue weighted by atomic mass is 16.5. The van der Waals surface area contributed by atoms with E-state index in [4.69, 9.17) is 9.47 Å². The van der Waals surface area contributed by atoms with Gasteiger partial charge in [-0.05, 0) is 47.2 Å². The van der Waals surface area contributed by atoms with Crippen molar-refractivity contribution in [3.05, 3.63) is 95.1 Å². The number of fused-ring (bicyclic) bond motifs is 1. The standard InChI is InChI=1S/C30H31NO4/c1-34-25-13-12-21(16-26(25)35-2)29-15-14-24(22-10-6-7-11-23(22)29)30(28(32)33)19-31(18-27(29)30)17-20-8-4-3-5-9-20/h3-13,16,24,27H,14-15,17-19H2,1-2H3,(H,32,33). The second-order valence-electron chi connectivity index (χ2n) is 10.3. The third-order valence-corrected chi connectivity index (χ3v) is 8.95. The van der Waals surface area contributed by atoms with Crippen LogP contribution in [-0.2, 0) is 16.8 Å². The van der Waals surface area contributed by atoms with Gasteiger partial charge in [0.25, 0.3) is 0 Å². The van der Waals surface area contributed by atoms with E-state index in [9.17, 15) is 9.90 Å². The average Bonchev–Trinajstić information content (AvgIpc) is 3.31. The molecule has 3 aromatic carbocycles. The molecule has 35 heavy (non-hydrogen) atoms. The maximum atomic E-state index is 13.3. The van der Waals surface area contributed by atoms with Gasteiger partial charge in [0.05, 0.1) is 19.6 Å². The van der Waals surface area contributed by atoms with E-state index in [-0.39, 0.29) is 11.8 Å². The smallest absolute Gasteiger partial charge is 0.311 e. The second-order valence-corrected chi connectivity index (χ2v) is 10.3. The van der Waals surface area contributed by atoms with E-state index in [0.29, 0.717) is 18.0 Å². The number of aliphatic carboxylic acids is 1. The monoisotopic (exact) mass is 469 g/mol. The molecule has 4 aliphatic rings. The molecule has 1 aliphatic heterocycles. The zero-order valence-corrected chi connectivity index (χ0v) is 20.2. The van der Waals surface area contributed by atoms with Crippen LogP contribution in [0.1, 0.15) is 41.0 Å². The highest BCUT2D eigenvalue weighted by Gasteiger charge is 2.70. The molecule has 5 nitrogen and oxygen atoms in total. The van der Waals surface area contributed by atoms with Crippen molar-refractivity contribution < 1.29 is 19.4 Å². The van der Waals surface area contributed by atoms with Crippen LogP contribution in [0.25, 0.3) is 0 Å². The van der Waals surface area contributed by atoms with Gasteiger partial charge in [-0.2, -0.15) is 0 Å². The van der Waals surface area contributed by atoms with Gasteiger partial charge in [-0.3, -0.25) is 9.69 Å². The maximum Gasteiger partial charge on any atom is 0.311 e. The molecule has 0 amide bonds. The van der Waals surface area contributed by atoms with Gasteiger partial charge in [-0.25, -0.2) is 0 Å². The Morgan fingerprint density at radius 1 is 1.00 bits per heavy atom. The summed E-state index contributed by atoms with van der Waals surface area (Å²) in [6.07, 6.45) is 1.80. The summed E-state index contributed by atoms with van der Waals surface area (Å²) in [5.74, 6) is 0.686. The Morgan fingerprint density at radius 2 is 1.74 bits per heavy atom. The van der Waals surface area contributed by atoms with E-state index < -0.39 is 16.8 Å². The van der Waals surface area contributed by atoms with Gasteiger partial charge < -0.3 is 14.6 Å². The molecule has 0 radical (unpaired) electrons. The van der Waals surface area contributed by atoms with Crippen molar-refractivity contribution in [3.63, 3.8) is 0 Å². The number of carboxylic acid groups (broad SMARTS) is 1. The highest BCUT2D eigenvalue weighted by Crippen LogP contribution is 2.69. The molecule has 2 bridgehead atoms. The normalized spacial score (nSPS) is 28.9. The zero-order chi connectivity index (χ0) is 24.2. The number of hydrogen-bond donors (Lipinski definition) is 1. The first-order valence-electron chi connectivity index (χ1n) is 12.4. The zero-order valence-electron chi connectivity index (χ0n) is 20.2. The number of hydrogen-bond acceptors (Lipinski definition) is 4. The number of ether oxygens (including phenoxy) is 2. The molecular formula is C30H31NO4. The fraction of sp³-hybridized carbons (Fsp3) is 0.367. The van der Waals surface area contributed by atoms with E-state index in [1.807, 2.05) is 12.1 Å². The quantitative estimate of drug-likeness (QED) is 0.545. The van der Waals surface area contributed by atoms with Crippen molar-refractivity contribution in [2.45, 2.75) is 30.7 Å².